The van der Waals surface area contributed by atoms with Crippen LogP contribution in [0.4, 0.5) is 0 Å². The van der Waals surface area contributed by atoms with E-state index >= 15 is 0 Å². The van der Waals surface area contributed by atoms with Gasteiger partial charge in [0.2, 0.25) is 12.0 Å². The van der Waals surface area contributed by atoms with Crippen molar-refractivity contribution in [3.63, 3.8) is 0 Å². The molecule has 12 heteroatoms. The SMILES string of the molecule is COc1cc(C2[OH+]c3cc(O)cc(O)c3C=C2O[C@@H]2O[C@@H](CO)[C@H](O)[C@H](O)[C@H]2O)cc(OC)c1O. The summed E-state index contributed by atoms with van der Waals surface area (Å²) >= 11 is 0. The minimum Gasteiger partial charge on any atom is -0.571 e. The summed E-state index contributed by atoms with van der Waals surface area (Å²) in [7, 11) is 2.70. The lowest BCUT2D eigenvalue weighted by molar-refractivity contribution is -0.295. The van der Waals surface area contributed by atoms with Crippen LogP contribution >= 0.6 is 0 Å². The molecule has 1 saturated heterocycles. The van der Waals surface area contributed by atoms with E-state index in [9.17, 15) is 35.7 Å². The molecule has 0 radical (unpaired) electrons. The van der Waals surface area contributed by atoms with Crippen LogP contribution in [-0.2, 0) is 9.47 Å². The van der Waals surface area contributed by atoms with Crippen LogP contribution < -0.4 is 9.47 Å². The predicted molar refractivity (Wildman–Crippen MR) is 118 cm³/mol. The van der Waals surface area contributed by atoms with Crippen LogP contribution in [0.15, 0.2) is 30.0 Å². The van der Waals surface area contributed by atoms with Crippen LogP contribution in [0.25, 0.3) is 6.08 Å². The van der Waals surface area contributed by atoms with E-state index in [-0.39, 0.29) is 45.8 Å². The fourth-order valence-corrected chi connectivity index (χ4v) is 3.99. The largest absolute Gasteiger partial charge is 0.571 e. The van der Waals surface area contributed by atoms with E-state index in [0.29, 0.717) is 5.56 Å². The molecule has 2 aromatic carbocycles. The van der Waals surface area contributed by atoms with Crippen LogP contribution in [0, 0.1) is 0 Å². The average molecular weight is 495 g/mol. The van der Waals surface area contributed by atoms with Gasteiger partial charge in [-0.05, 0) is 12.1 Å². The first kappa shape index (κ1) is 24.7. The predicted octanol–water partition coefficient (Wildman–Crippen LogP) is -0.0258. The molecule has 8 N–H and O–H groups in total. The maximum atomic E-state index is 10.4. The monoisotopic (exact) mass is 495 g/mol. The molecule has 1 fully saturated rings. The summed E-state index contributed by atoms with van der Waals surface area (Å²) in [6.45, 7) is -0.646. The van der Waals surface area contributed by atoms with E-state index < -0.39 is 43.4 Å². The molecule has 0 aliphatic carbocycles. The highest BCUT2D eigenvalue weighted by molar-refractivity contribution is 5.69. The van der Waals surface area contributed by atoms with Gasteiger partial charge in [-0.2, -0.15) is 0 Å². The summed E-state index contributed by atoms with van der Waals surface area (Å²) in [6, 6.07) is 5.40. The Morgan fingerprint density at radius 3 is 2.17 bits per heavy atom. The van der Waals surface area contributed by atoms with E-state index in [0.717, 1.165) is 6.07 Å². The zero-order chi connectivity index (χ0) is 25.4. The number of hydrogen-bond acceptors (Lipinski definition) is 11. The number of fused-ring (bicyclic) bond motifs is 1. The number of aliphatic hydroxyl groups excluding tert-OH is 4. The molecule has 4 rings (SSSR count). The van der Waals surface area contributed by atoms with Crippen molar-refractivity contribution in [1.82, 2.24) is 0 Å². The van der Waals surface area contributed by atoms with Gasteiger partial charge in [-0.1, -0.05) is 0 Å². The summed E-state index contributed by atoms with van der Waals surface area (Å²) in [5, 5.41) is 70.7. The molecular formula is C23H27O12+. The van der Waals surface area contributed by atoms with Crippen molar-refractivity contribution in [2.24, 2.45) is 0 Å². The summed E-state index contributed by atoms with van der Waals surface area (Å²) in [4.78, 5) is 0. The van der Waals surface area contributed by atoms with Crippen LogP contribution in [0.2, 0.25) is 0 Å². The van der Waals surface area contributed by atoms with Gasteiger partial charge in [-0.3, -0.25) is 0 Å². The normalized spacial score (nSPS) is 27.9. The van der Waals surface area contributed by atoms with E-state index in [4.69, 9.17) is 18.9 Å². The van der Waals surface area contributed by atoms with Gasteiger partial charge in [0, 0.05) is 12.1 Å². The number of phenolic OH excluding ortho intramolecular Hbond substituents is 3. The van der Waals surface area contributed by atoms with Gasteiger partial charge in [0.25, 0.3) is 11.9 Å². The van der Waals surface area contributed by atoms with Crippen molar-refractivity contribution in [1.29, 1.82) is 0 Å². The van der Waals surface area contributed by atoms with Crippen LogP contribution in [0.3, 0.4) is 0 Å². The highest BCUT2D eigenvalue weighted by Gasteiger charge is 2.46. The fourth-order valence-electron chi connectivity index (χ4n) is 3.99. The zero-order valence-electron chi connectivity index (χ0n) is 18.8. The van der Waals surface area contributed by atoms with Gasteiger partial charge in [0.1, 0.15) is 41.5 Å². The van der Waals surface area contributed by atoms with Gasteiger partial charge < -0.3 is 59.4 Å². The third kappa shape index (κ3) is 4.49. The van der Waals surface area contributed by atoms with Crippen LogP contribution in [0.5, 0.6) is 34.5 Å². The minimum absolute atomic E-state index is 0.0395. The van der Waals surface area contributed by atoms with Crippen molar-refractivity contribution in [2.75, 3.05) is 20.8 Å². The molecule has 2 heterocycles. The van der Waals surface area contributed by atoms with Gasteiger partial charge in [0.15, 0.2) is 17.3 Å². The van der Waals surface area contributed by atoms with Gasteiger partial charge in [0.05, 0.1) is 32.5 Å². The summed E-state index contributed by atoms with van der Waals surface area (Å²) in [6.07, 6.45) is -7.21. The first-order valence-electron chi connectivity index (χ1n) is 10.6. The number of aliphatic hydroxyl groups is 5. The molecule has 0 aromatic heterocycles. The Balaban J connectivity index is 1.79. The standard InChI is InChI=1S/C23H26O12/c1-31-14-3-9(4-15(32-2)18(14)27)22-16(7-11-12(26)5-10(25)6-13(11)33-22)34-23-21(30)20(29)19(28)17(8-24)35-23/h3-7,17,19-30H,8H2,1-2H3/p+1/t17-,19-,20-,21+,22?,23+/m0/s1. The van der Waals surface area contributed by atoms with Gasteiger partial charge in [-0.15, -0.1) is 0 Å². The lowest BCUT2D eigenvalue weighted by Crippen LogP contribution is -2.59. The molecular weight excluding hydrogens is 468 g/mol. The molecule has 1 unspecified atom stereocenters. The minimum atomic E-state index is -1.69. The lowest BCUT2D eigenvalue weighted by atomic mass is 9.98. The Morgan fingerprint density at radius 1 is 0.914 bits per heavy atom. The van der Waals surface area contributed by atoms with Crippen LogP contribution in [0.1, 0.15) is 17.2 Å². The molecule has 0 saturated carbocycles. The van der Waals surface area contributed by atoms with Crippen molar-refractivity contribution in [3.8, 4) is 34.5 Å². The number of benzene rings is 2. The second-order valence-electron chi connectivity index (χ2n) is 8.07. The Hall–Kier alpha value is -3.42. The Bertz CT molecular complexity index is 1090. The van der Waals surface area contributed by atoms with Gasteiger partial charge in [-0.25, -0.2) is 0 Å². The summed E-state index contributed by atoms with van der Waals surface area (Å²) in [5.41, 5.74) is 0.608. The lowest BCUT2D eigenvalue weighted by Gasteiger charge is -2.40. The Labute approximate surface area is 199 Å². The number of phenols is 3. The molecule has 190 valence electrons. The second kappa shape index (κ2) is 9.68. The van der Waals surface area contributed by atoms with Crippen molar-refractivity contribution < 1.29 is 59.4 Å². The number of hydrogen-bond donors (Lipinski definition) is 7. The molecule has 0 spiro atoms. The molecule has 12 nitrogen and oxygen atoms in total. The van der Waals surface area contributed by atoms with E-state index in [1.165, 1.54) is 38.5 Å². The third-order valence-corrected chi connectivity index (χ3v) is 5.86. The smallest absolute Gasteiger partial charge is 0.270 e. The van der Waals surface area contributed by atoms with Crippen molar-refractivity contribution in [3.05, 3.63) is 41.2 Å². The van der Waals surface area contributed by atoms with E-state index in [1.807, 2.05) is 0 Å². The quantitative estimate of drug-likeness (QED) is 0.266. The summed E-state index contributed by atoms with van der Waals surface area (Å²) < 4.78 is 26.3. The maximum absolute atomic E-state index is 10.4. The van der Waals surface area contributed by atoms with Gasteiger partial charge >= 0.3 is 0 Å². The molecule has 0 amide bonds. The van der Waals surface area contributed by atoms with E-state index in [1.54, 1.807) is 0 Å². The number of aromatic hydroxyl groups is 4. The highest BCUT2D eigenvalue weighted by Crippen LogP contribution is 2.48. The fraction of sp³-hybridized carbons (Fsp3) is 0.391. The second-order valence-corrected chi connectivity index (χ2v) is 8.07. The molecule has 2 aromatic rings. The van der Waals surface area contributed by atoms with Crippen molar-refractivity contribution >= 4 is 6.08 Å². The van der Waals surface area contributed by atoms with Crippen molar-refractivity contribution in [2.45, 2.75) is 36.8 Å². The molecule has 35 heavy (non-hydrogen) atoms. The molecule has 0 bridgehead atoms. The maximum Gasteiger partial charge on any atom is 0.270 e. The Morgan fingerprint density at radius 2 is 1.57 bits per heavy atom. The average Bonchev–Trinajstić information content (AvgIpc) is 2.84. The zero-order valence-corrected chi connectivity index (χ0v) is 18.8. The first-order chi connectivity index (χ1) is 16.7. The Kier molecular flexibility index (Phi) is 6.83. The molecule has 2 aliphatic heterocycles. The topological polar surface area (TPSA) is 191 Å². The number of ether oxygens (including phenoxy) is 5. The van der Waals surface area contributed by atoms with Crippen LogP contribution in [-0.4, -0.2) is 92.0 Å². The van der Waals surface area contributed by atoms with E-state index in [2.05, 4.69) is 4.74 Å². The number of rotatable bonds is 6. The molecule has 6 atom stereocenters. The summed E-state index contributed by atoms with van der Waals surface area (Å²) in [5.74, 6) is -0.352. The molecule has 2 aliphatic rings. The highest BCUT2D eigenvalue weighted by atomic mass is 16.7. The first-order valence-corrected chi connectivity index (χ1v) is 10.6. The third-order valence-electron chi connectivity index (χ3n) is 5.86. The number of methoxy groups -OCH3 is 2.